The molecule has 1 N–H and O–H groups in total. The number of para-hydroxylation sites is 1. The van der Waals surface area contributed by atoms with E-state index in [9.17, 15) is 8.42 Å². The Morgan fingerprint density at radius 3 is 2.77 bits per heavy atom. The van der Waals surface area contributed by atoms with Gasteiger partial charge in [0.2, 0.25) is 10.0 Å². The van der Waals surface area contributed by atoms with Crippen LogP contribution in [0.4, 0.5) is 5.69 Å². The smallest absolute Gasteiger partial charge is 0.236 e. The van der Waals surface area contributed by atoms with Gasteiger partial charge in [0, 0.05) is 52.5 Å². The van der Waals surface area contributed by atoms with E-state index in [0.29, 0.717) is 31.5 Å². The number of rotatable bonds is 7. The van der Waals surface area contributed by atoms with E-state index >= 15 is 0 Å². The van der Waals surface area contributed by atoms with Crippen molar-refractivity contribution in [1.82, 2.24) is 20.0 Å². The van der Waals surface area contributed by atoms with Crippen LogP contribution in [0.3, 0.4) is 0 Å². The van der Waals surface area contributed by atoms with E-state index in [4.69, 9.17) is 0 Å². The SMILES string of the molecule is CN=C(NCCS(=O)(=O)N1CCc2ccccc21)N(C)Cc1cn(C)nc1C(C)C. The number of hydrogen-bond donors (Lipinski definition) is 1. The van der Waals surface area contributed by atoms with Crippen LogP contribution in [0.2, 0.25) is 0 Å². The summed E-state index contributed by atoms with van der Waals surface area (Å²) in [6.45, 7) is 5.70. The topological polar surface area (TPSA) is 82.8 Å². The summed E-state index contributed by atoms with van der Waals surface area (Å²) in [6, 6.07) is 7.69. The first kappa shape index (κ1) is 22.1. The third-order valence-electron chi connectivity index (χ3n) is 5.29. The standard InChI is InChI=1S/C21H32N6O2S/c1-16(2)20-18(15-26(5)24-20)14-25(4)21(22-3)23-11-13-30(28,29)27-12-10-17-8-6-7-9-19(17)27/h6-9,15-16H,10-14H2,1-5H3,(H,22,23). The van der Waals surface area contributed by atoms with Crippen molar-refractivity contribution in [3.63, 3.8) is 0 Å². The molecule has 0 saturated carbocycles. The van der Waals surface area contributed by atoms with Crippen molar-refractivity contribution in [2.45, 2.75) is 32.7 Å². The van der Waals surface area contributed by atoms with Crippen LogP contribution in [0.25, 0.3) is 0 Å². The molecule has 2 heterocycles. The number of anilines is 1. The molecule has 0 aliphatic carbocycles. The molecule has 0 saturated heterocycles. The number of fused-ring (bicyclic) bond motifs is 1. The highest BCUT2D eigenvalue weighted by Gasteiger charge is 2.28. The van der Waals surface area contributed by atoms with Gasteiger partial charge in [-0.25, -0.2) is 8.42 Å². The fraction of sp³-hybridized carbons (Fsp3) is 0.524. The zero-order valence-corrected chi connectivity index (χ0v) is 19.3. The lowest BCUT2D eigenvalue weighted by molar-refractivity contribution is 0.475. The summed E-state index contributed by atoms with van der Waals surface area (Å²) in [4.78, 5) is 6.30. The third-order valence-corrected chi connectivity index (χ3v) is 7.06. The summed E-state index contributed by atoms with van der Waals surface area (Å²) in [5.41, 5.74) is 4.09. The second-order valence-corrected chi connectivity index (χ2v) is 9.98. The Kier molecular flexibility index (Phi) is 6.70. The van der Waals surface area contributed by atoms with Gasteiger partial charge in [-0.3, -0.25) is 14.0 Å². The first-order valence-corrected chi connectivity index (χ1v) is 11.9. The van der Waals surface area contributed by atoms with Gasteiger partial charge in [0.05, 0.1) is 17.1 Å². The minimum absolute atomic E-state index is 0.0122. The summed E-state index contributed by atoms with van der Waals surface area (Å²) in [5.74, 6) is 1.00. The van der Waals surface area contributed by atoms with Gasteiger partial charge in [0.25, 0.3) is 0 Å². The predicted molar refractivity (Wildman–Crippen MR) is 121 cm³/mol. The van der Waals surface area contributed by atoms with Crippen molar-refractivity contribution in [1.29, 1.82) is 0 Å². The summed E-state index contributed by atoms with van der Waals surface area (Å²) < 4.78 is 29.1. The third kappa shape index (κ3) is 4.77. The second kappa shape index (κ2) is 9.07. The molecule has 1 aliphatic rings. The summed E-state index contributed by atoms with van der Waals surface area (Å²) in [7, 11) is 2.18. The zero-order valence-electron chi connectivity index (χ0n) is 18.5. The number of nitrogens with one attached hydrogen (secondary N) is 1. The van der Waals surface area contributed by atoms with Gasteiger partial charge in [-0.1, -0.05) is 32.0 Å². The van der Waals surface area contributed by atoms with E-state index in [1.807, 2.05) is 54.1 Å². The van der Waals surface area contributed by atoms with E-state index in [-0.39, 0.29) is 5.75 Å². The highest BCUT2D eigenvalue weighted by molar-refractivity contribution is 7.92. The Bertz CT molecular complexity index is 1010. The normalized spacial score (nSPS) is 14.3. The molecule has 0 fully saturated rings. The van der Waals surface area contributed by atoms with Crippen LogP contribution in [0.15, 0.2) is 35.5 Å². The van der Waals surface area contributed by atoms with Crippen molar-refractivity contribution in [2.75, 3.05) is 37.2 Å². The van der Waals surface area contributed by atoms with Crippen LogP contribution in [-0.2, 0) is 30.0 Å². The maximum absolute atomic E-state index is 12.9. The van der Waals surface area contributed by atoms with Gasteiger partial charge >= 0.3 is 0 Å². The van der Waals surface area contributed by atoms with Crippen LogP contribution < -0.4 is 9.62 Å². The van der Waals surface area contributed by atoms with Crippen molar-refractivity contribution in [3.8, 4) is 0 Å². The molecule has 1 aliphatic heterocycles. The highest BCUT2D eigenvalue weighted by Crippen LogP contribution is 2.29. The summed E-state index contributed by atoms with van der Waals surface area (Å²) in [6.07, 6.45) is 2.78. The van der Waals surface area contributed by atoms with Crippen LogP contribution >= 0.6 is 0 Å². The molecule has 0 radical (unpaired) electrons. The lowest BCUT2D eigenvalue weighted by Gasteiger charge is -2.23. The molecule has 1 aromatic heterocycles. The molecule has 8 nitrogen and oxygen atoms in total. The zero-order chi connectivity index (χ0) is 21.9. The fourth-order valence-electron chi connectivity index (χ4n) is 3.88. The minimum Gasteiger partial charge on any atom is -0.355 e. The largest absolute Gasteiger partial charge is 0.355 e. The molecule has 0 bridgehead atoms. The van der Waals surface area contributed by atoms with Crippen LogP contribution in [0, 0.1) is 0 Å². The molecule has 0 unspecified atom stereocenters. The average molecular weight is 433 g/mol. The number of aliphatic imine (C=N–C) groups is 1. The maximum atomic E-state index is 12.9. The molecule has 2 aromatic rings. The van der Waals surface area contributed by atoms with Gasteiger partial charge in [0.1, 0.15) is 0 Å². The van der Waals surface area contributed by atoms with E-state index < -0.39 is 10.0 Å². The Morgan fingerprint density at radius 1 is 1.33 bits per heavy atom. The van der Waals surface area contributed by atoms with Gasteiger partial charge in [-0.15, -0.1) is 0 Å². The van der Waals surface area contributed by atoms with E-state index in [2.05, 4.69) is 29.3 Å². The molecule has 0 spiro atoms. The maximum Gasteiger partial charge on any atom is 0.236 e. The van der Waals surface area contributed by atoms with Crippen molar-refractivity contribution < 1.29 is 8.42 Å². The van der Waals surface area contributed by atoms with Crippen LogP contribution in [0.5, 0.6) is 0 Å². The number of hydrogen-bond acceptors (Lipinski definition) is 4. The van der Waals surface area contributed by atoms with Gasteiger partial charge in [-0.05, 0) is 24.0 Å². The number of benzene rings is 1. The Morgan fingerprint density at radius 2 is 2.07 bits per heavy atom. The Balaban J connectivity index is 1.59. The molecule has 0 amide bonds. The van der Waals surface area contributed by atoms with E-state index in [1.165, 1.54) is 4.31 Å². The Labute approximate surface area is 179 Å². The minimum atomic E-state index is -3.39. The summed E-state index contributed by atoms with van der Waals surface area (Å²) in [5, 5.41) is 7.74. The quantitative estimate of drug-likeness (QED) is 0.534. The average Bonchev–Trinajstić information content (AvgIpc) is 3.29. The first-order valence-electron chi connectivity index (χ1n) is 10.3. The van der Waals surface area contributed by atoms with Crippen LogP contribution in [-0.4, -0.2) is 62.0 Å². The summed E-state index contributed by atoms with van der Waals surface area (Å²) >= 11 is 0. The molecular formula is C21H32N6O2S. The number of guanidine groups is 1. The van der Waals surface area contributed by atoms with Crippen molar-refractivity contribution >= 4 is 21.7 Å². The van der Waals surface area contributed by atoms with E-state index in [0.717, 1.165) is 28.9 Å². The monoisotopic (exact) mass is 432 g/mol. The van der Waals surface area contributed by atoms with Gasteiger partial charge < -0.3 is 10.2 Å². The molecule has 3 rings (SSSR count). The van der Waals surface area contributed by atoms with Gasteiger partial charge in [-0.2, -0.15) is 5.10 Å². The second-order valence-electron chi connectivity index (χ2n) is 7.96. The predicted octanol–water partition coefficient (Wildman–Crippen LogP) is 1.94. The van der Waals surface area contributed by atoms with Crippen molar-refractivity contribution in [3.05, 3.63) is 47.3 Å². The van der Waals surface area contributed by atoms with E-state index in [1.54, 1.807) is 7.05 Å². The molecule has 9 heteroatoms. The first-order chi connectivity index (χ1) is 14.2. The number of aryl methyl sites for hydroxylation is 1. The lowest BCUT2D eigenvalue weighted by atomic mass is 10.1. The molecule has 0 atom stereocenters. The molecule has 1 aromatic carbocycles. The Hall–Kier alpha value is -2.55. The fourth-order valence-corrected chi connectivity index (χ4v) is 5.30. The number of aromatic nitrogens is 2. The highest BCUT2D eigenvalue weighted by atomic mass is 32.2. The molecular weight excluding hydrogens is 400 g/mol. The molecule has 30 heavy (non-hydrogen) atoms. The van der Waals surface area contributed by atoms with Gasteiger partial charge in [0.15, 0.2) is 5.96 Å². The van der Waals surface area contributed by atoms with Crippen molar-refractivity contribution in [2.24, 2.45) is 12.0 Å². The molecule has 164 valence electrons. The number of nitrogens with zero attached hydrogens (tertiary/aromatic N) is 5. The lowest BCUT2D eigenvalue weighted by Crippen LogP contribution is -2.42. The number of sulfonamides is 1. The van der Waals surface area contributed by atoms with Crippen LogP contribution in [0.1, 0.15) is 36.6 Å².